The number of nitrogens with one attached hydrogen (secondary N) is 1. The first kappa shape index (κ1) is 13.8. The average molecular weight is 292 g/mol. The van der Waals surface area contributed by atoms with Crippen LogP contribution in [0.4, 0.5) is 5.69 Å². The summed E-state index contributed by atoms with van der Waals surface area (Å²) in [5.74, 6) is 0.121. The number of benzene rings is 2. The molecule has 3 N–H and O–H groups in total. The van der Waals surface area contributed by atoms with Crippen molar-refractivity contribution >= 4 is 23.1 Å². The van der Waals surface area contributed by atoms with E-state index in [1.165, 1.54) is 18.2 Å². The number of nitro benzene ring substituents is 1. The van der Waals surface area contributed by atoms with Gasteiger partial charge in [0.25, 0.3) is 0 Å². The summed E-state index contributed by atoms with van der Waals surface area (Å²) in [6, 6.07) is 10.6. The minimum atomic E-state index is -0.586. The number of hydrogen-bond acceptors (Lipinski definition) is 4. The van der Waals surface area contributed by atoms with E-state index in [1.54, 1.807) is 24.3 Å². The van der Waals surface area contributed by atoms with Crippen LogP contribution in [0.3, 0.4) is 0 Å². The van der Waals surface area contributed by atoms with Crippen molar-refractivity contribution in [1.29, 1.82) is 5.41 Å². The van der Waals surface area contributed by atoms with Crippen LogP contribution in [0.1, 0.15) is 5.56 Å². The highest BCUT2D eigenvalue weighted by Gasteiger charge is 2.18. The largest absolute Gasteiger partial charge is 0.449 e. The zero-order chi connectivity index (χ0) is 14.7. The summed E-state index contributed by atoms with van der Waals surface area (Å²) < 4.78 is 5.50. The lowest BCUT2D eigenvalue weighted by Crippen LogP contribution is -2.12. The number of amidine groups is 1. The van der Waals surface area contributed by atoms with Gasteiger partial charge in [-0.05, 0) is 24.3 Å². The fourth-order valence-electron chi connectivity index (χ4n) is 1.62. The number of nitrogens with zero attached hydrogens (tertiary/aromatic N) is 1. The molecule has 6 nitrogen and oxygen atoms in total. The van der Waals surface area contributed by atoms with Gasteiger partial charge in [-0.3, -0.25) is 15.5 Å². The van der Waals surface area contributed by atoms with Crippen molar-refractivity contribution < 1.29 is 9.66 Å². The lowest BCUT2D eigenvalue weighted by Gasteiger charge is -2.10. The summed E-state index contributed by atoms with van der Waals surface area (Å²) in [6.45, 7) is 0. The van der Waals surface area contributed by atoms with Gasteiger partial charge in [-0.1, -0.05) is 23.7 Å². The number of halogens is 1. The van der Waals surface area contributed by atoms with E-state index >= 15 is 0 Å². The van der Waals surface area contributed by atoms with Crippen LogP contribution in [0.2, 0.25) is 5.02 Å². The van der Waals surface area contributed by atoms with Crippen LogP contribution in [0.25, 0.3) is 0 Å². The van der Waals surface area contributed by atoms with Crippen molar-refractivity contribution in [3.63, 3.8) is 0 Å². The molecule has 0 saturated carbocycles. The number of ether oxygens (including phenoxy) is 1. The first-order valence-corrected chi connectivity index (χ1v) is 5.92. The lowest BCUT2D eigenvalue weighted by molar-refractivity contribution is -0.385. The summed E-state index contributed by atoms with van der Waals surface area (Å²) in [6.07, 6.45) is 0. The molecule has 0 amide bonds. The van der Waals surface area contributed by atoms with Crippen molar-refractivity contribution in [3.8, 4) is 11.5 Å². The Labute approximate surface area is 119 Å². The van der Waals surface area contributed by atoms with Gasteiger partial charge in [0.05, 0.1) is 10.5 Å². The summed E-state index contributed by atoms with van der Waals surface area (Å²) in [4.78, 5) is 10.4. The Morgan fingerprint density at radius 1 is 1.25 bits per heavy atom. The standard InChI is InChI=1S/C13H10ClN3O3/c14-8-5-6-12(10(7-8)17(18)19)20-11-4-2-1-3-9(11)13(15)16/h1-7H,(H3,15,16). The van der Waals surface area contributed by atoms with Crippen molar-refractivity contribution in [2.75, 3.05) is 0 Å². The fraction of sp³-hybridized carbons (Fsp3) is 0. The molecular formula is C13H10ClN3O3. The van der Waals surface area contributed by atoms with Gasteiger partial charge in [0.1, 0.15) is 11.6 Å². The highest BCUT2D eigenvalue weighted by molar-refractivity contribution is 6.30. The van der Waals surface area contributed by atoms with Gasteiger partial charge in [0, 0.05) is 11.1 Å². The molecule has 0 spiro atoms. The number of nitrogens with two attached hydrogens (primary N) is 1. The molecule has 0 aromatic heterocycles. The zero-order valence-electron chi connectivity index (χ0n) is 10.2. The fourth-order valence-corrected chi connectivity index (χ4v) is 1.78. The third-order valence-corrected chi connectivity index (χ3v) is 2.75. The third-order valence-electron chi connectivity index (χ3n) is 2.51. The van der Waals surface area contributed by atoms with E-state index in [1.807, 2.05) is 0 Å². The molecule has 0 heterocycles. The van der Waals surface area contributed by atoms with E-state index in [2.05, 4.69) is 0 Å². The average Bonchev–Trinajstić information content (AvgIpc) is 2.41. The molecule has 2 rings (SSSR count). The van der Waals surface area contributed by atoms with E-state index in [9.17, 15) is 10.1 Å². The second-order valence-electron chi connectivity index (χ2n) is 3.88. The second-order valence-corrected chi connectivity index (χ2v) is 4.32. The van der Waals surface area contributed by atoms with Crippen LogP contribution in [-0.2, 0) is 0 Å². The maximum absolute atomic E-state index is 11.0. The Bertz CT molecular complexity index is 688. The minimum Gasteiger partial charge on any atom is -0.449 e. The van der Waals surface area contributed by atoms with Crippen molar-refractivity contribution in [1.82, 2.24) is 0 Å². The van der Waals surface area contributed by atoms with Gasteiger partial charge < -0.3 is 10.5 Å². The third kappa shape index (κ3) is 2.86. The highest BCUT2D eigenvalue weighted by Crippen LogP contribution is 2.34. The molecule has 0 aliphatic carbocycles. The van der Waals surface area contributed by atoms with E-state index in [-0.39, 0.29) is 28.0 Å². The first-order valence-electron chi connectivity index (χ1n) is 5.54. The molecule has 0 unspecified atom stereocenters. The monoisotopic (exact) mass is 291 g/mol. The molecule has 20 heavy (non-hydrogen) atoms. The van der Waals surface area contributed by atoms with Gasteiger partial charge >= 0.3 is 5.69 Å². The van der Waals surface area contributed by atoms with Crippen molar-refractivity contribution in [2.24, 2.45) is 5.73 Å². The number of nitro groups is 1. The summed E-state index contributed by atoms with van der Waals surface area (Å²) in [7, 11) is 0. The number of rotatable bonds is 4. The topological polar surface area (TPSA) is 102 Å². The molecule has 102 valence electrons. The summed E-state index contributed by atoms with van der Waals surface area (Å²) >= 11 is 5.73. The van der Waals surface area contributed by atoms with Gasteiger partial charge in [0.2, 0.25) is 5.75 Å². The Hall–Kier alpha value is -2.60. The lowest BCUT2D eigenvalue weighted by atomic mass is 10.2. The molecule has 0 atom stereocenters. The summed E-state index contributed by atoms with van der Waals surface area (Å²) in [5, 5.41) is 18.7. The molecule has 0 bridgehead atoms. The molecule has 0 radical (unpaired) electrons. The Morgan fingerprint density at radius 3 is 2.60 bits per heavy atom. The van der Waals surface area contributed by atoms with Gasteiger partial charge in [-0.25, -0.2) is 0 Å². The molecular weight excluding hydrogens is 282 g/mol. The molecule has 7 heteroatoms. The Balaban J connectivity index is 2.45. The number of hydrogen-bond donors (Lipinski definition) is 2. The van der Waals surface area contributed by atoms with Crippen LogP contribution in [0, 0.1) is 15.5 Å². The van der Waals surface area contributed by atoms with Crippen LogP contribution >= 0.6 is 11.6 Å². The molecule has 0 saturated heterocycles. The second kappa shape index (κ2) is 5.58. The number of para-hydroxylation sites is 1. The van der Waals surface area contributed by atoms with E-state index in [4.69, 9.17) is 27.5 Å². The molecule has 0 aliphatic heterocycles. The number of nitrogen functional groups attached to an aromatic ring is 1. The SMILES string of the molecule is N=C(N)c1ccccc1Oc1ccc(Cl)cc1[N+](=O)[O-]. The van der Waals surface area contributed by atoms with E-state index < -0.39 is 4.92 Å². The van der Waals surface area contributed by atoms with Gasteiger partial charge in [0.15, 0.2) is 0 Å². The predicted octanol–water partition coefficient (Wildman–Crippen LogP) is 3.32. The quantitative estimate of drug-likeness (QED) is 0.390. The maximum Gasteiger partial charge on any atom is 0.313 e. The molecule has 2 aromatic carbocycles. The van der Waals surface area contributed by atoms with Crippen LogP contribution in [0.5, 0.6) is 11.5 Å². The first-order chi connectivity index (χ1) is 9.49. The summed E-state index contributed by atoms with van der Waals surface area (Å²) in [5.41, 5.74) is 5.54. The minimum absolute atomic E-state index is 0.0353. The van der Waals surface area contributed by atoms with E-state index in [0.717, 1.165) is 0 Å². The van der Waals surface area contributed by atoms with Gasteiger partial charge in [-0.15, -0.1) is 0 Å². The Kier molecular flexibility index (Phi) is 3.86. The molecule has 0 aliphatic rings. The highest BCUT2D eigenvalue weighted by atomic mass is 35.5. The van der Waals surface area contributed by atoms with Crippen molar-refractivity contribution in [3.05, 3.63) is 63.2 Å². The molecule has 2 aromatic rings. The Morgan fingerprint density at radius 2 is 1.95 bits per heavy atom. The van der Waals surface area contributed by atoms with Crippen molar-refractivity contribution in [2.45, 2.75) is 0 Å². The van der Waals surface area contributed by atoms with Gasteiger partial charge in [-0.2, -0.15) is 0 Å². The van der Waals surface area contributed by atoms with E-state index in [0.29, 0.717) is 5.56 Å². The molecule has 0 fully saturated rings. The van der Waals surface area contributed by atoms with Crippen LogP contribution < -0.4 is 10.5 Å². The smallest absolute Gasteiger partial charge is 0.313 e. The zero-order valence-corrected chi connectivity index (χ0v) is 10.9. The van der Waals surface area contributed by atoms with Crippen LogP contribution in [-0.4, -0.2) is 10.8 Å². The predicted molar refractivity (Wildman–Crippen MR) is 75.6 cm³/mol. The maximum atomic E-state index is 11.0. The van der Waals surface area contributed by atoms with Crippen LogP contribution in [0.15, 0.2) is 42.5 Å². The normalized spacial score (nSPS) is 10.1.